The molecule has 0 spiro atoms. The van der Waals surface area contributed by atoms with Gasteiger partial charge in [0, 0.05) is 17.2 Å². The van der Waals surface area contributed by atoms with E-state index in [0.29, 0.717) is 12.1 Å². The maximum absolute atomic E-state index is 11.8. The molecule has 1 rings (SSSR count). The first kappa shape index (κ1) is 14.0. The van der Waals surface area contributed by atoms with Crippen molar-refractivity contribution in [3.05, 3.63) is 22.3 Å². The van der Waals surface area contributed by atoms with Crippen molar-refractivity contribution in [2.75, 3.05) is 12.3 Å². The van der Waals surface area contributed by atoms with Gasteiger partial charge < -0.3 is 11.1 Å². The van der Waals surface area contributed by atoms with Crippen LogP contribution in [0.3, 0.4) is 0 Å². The average molecular weight is 300 g/mol. The van der Waals surface area contributed by atoms with Gasteiger partial charge in [0.1, 0.15) is 5.82 Å². The smallest absolute Gasteiger partial charge is 0.255 e. The van der Waals surface area contributed by atoms with Crippen molar-refractivity contribution in [1.82, 2.24) is 10.3 Å². The quantitative estimate of drug-likeness (QED) is 0.794. The number of carbonyl (C=O) groups is 1. The lowest BCUT2D eigenvalue weighted by atomic mass is 10.2. The van der Waals surface area contributed by atoms with E-state index in [2.05, 4.69) is 33.2 Å². The summed E-state index contributed by atoms with van der Waals surface area (Å²) in [6.45, 7) is 2.84. The number of nitrogens with two attached hydrogens (primary N) is 1. The SMILES string of the molecule is CCCCCCNC(=O)c1cc(Br)cnc1N. The van der Waals surface area contributed by atoms with Gasteiger partial charge in [0.05, 0.1) is 5.56 Å². The van der Waals surface area contributed by atoms with Crippen LogP contribution in [0.2, 0.25) is 0 Å². The highest BCUT2D eigenvalue weighted by molar-refractivity contribution is 9.10. The van der Waals surface area contributed by atoms with Crippen LogP contribution in [0, 0.1) is 0 Å². The van der Waals surface area contributed by atoms with Crippen LogP contribution in [0.1, 0.15) is 43.0 Å². The van der Waals surface area contributed by atoms with E-state index in [1.165, 1.54) is 12.8 Å². The van der Waals surface area contributed by atoms with Crippen LogP contribution in [-0.2, 0) is 0 Å². The Kier molecular flexibility index (Phi) is 5.97. The first-order valence-electron chi connectivity index (χ1n) is 5.84. The van der Waals surface area contributed by atoms with Gasteiger partial charge in [-0.2, -0.15) is 0 Å². The molecule has 0 aliphatic rings. The van der Waals surface area contributed by atoms with Crippen LogP contribution < -0.4 is 11.1 Å². The van der Waals surface area contributed by atoms with Crippen LogP contribution in [0.25, 0.3) is 0 Å². The summed E-state index contributed by atoms with van der Waals surface area (Å²) in [4.78, 5) is 15.7. The van der Waals surface area contributed by atoms with Crippen molar-refractivity contribution in [3.63, 3.8) is 0 Å². The second kappa shape index (κ2) is 7.27. The molecule has 4 nitrogen and oxygen atoms in total. The summed E-state index contributed by atoms with van der Waals surface area (Å²) in [6, 6.07) is 1.68. The Morgan fingerprint density at radius 3 is 2.94 bits per heavy atom. The third-order valence-corrected chi connectivity index (χ3v) is 2.88. The number of hydrogen-bond acceptors (Lipinski definition) is 3. The monoisotopic (exact) mass is 299 g/mol. The lowest BCUT2D eigenvalue weighted by Crippen LogP contribution is -2.25. The number of nitrogens with one attached hydrogen (secondary N) is 1. The van der Waals surface area contributed by atoms with Gasteiger partial charge in [0.2, 0.25) is 0 Å². The van der Waals surface area contributed by atoms with Crippen LogP contribution in [0.5, 0.6) is 0 Å². The molecule has 1 aromatic rings. The van der Waals surface area contributed by atoms with E-state index < -0.39 is 0 Å². The van der Waals surface area contributed by atoms with Crippen molar-refractivity contribution in [1.29, 1.82) is 0 Å². The fourth-order valence-electron chi connectivity index (χ4n) is 1.48. The van der Waals surface area contributed by atoms with Crippen molar-refractivity contribution in [2.45, 2.75) is 32.6 Å². The Labute approximate surface area is 110 Å². The Morgan fingerprint density at radius 1 is 1.47 bits per heavy atom. The summed E-state index contributed by atoms with van der Waals surface area (Å²) in [5.41, 5.74) is 6.08. The Balaban J connectivity index is 2.44. The number of pyridine rings is 1. The van der Waals surface area contributed by atoms with Crippen LogP contribution >= 0.6 is 15.9 Å². The summed E-state index contributed by atoms with van der Waals surface area (Å²) >= 11 is 3.27. The zero-order valence-corrected chi connectivity index (χ0v) is 11.6. The van der Waals surface area contributed by atoms with Gasteiger partial charge >= 0.3 is 0 Å². The minimum atomic E-state index is -0.159. The molecule has 1 amide bonds. The van der Waals surface area contributed by atoms with Gasteiger partial charge in [-0.05, 0) is 28.4 Å². The zero-order valence-electron chi connectivity index (χ0n) is 10.0. The molecule has 1 heterocycles. The van der Waals surface area contributed by atoms with E-state index in [-0.39, 0.29) is 11.7 Å². The topological polar surface area (TPSA) is 68.0 Å². The number of rotatable bonds is 6. The van der Waals surface area contributed by atoms with Crippen molar-refractivity contribution >= 4 is 27.7 Å². The van der Waals surface area contributed by atoms with Gasteiger partial charge in [-0.1, -0.05) is 26.2 Å². The van der Waals surface area contributed by atoms with Crippen LogP contribution in [0.15, 0.2) is 16.7 Å². The standard InChI is InChI=1S/C12H18BrN3O/c1-2-3-4-5-6-15-12(17)10-7-9(13)8-16-11(10)14/h7-8H,2-6H2,1H3,(H2,14,16)(H,15,17). The fourth-order valence-corrected chi connectivity index (χ4v) is 1.81. The Hall–Kier alpha value is -1.10. The fraction of sp³-hybridized carbons (Fsp3) is 0.500. The maximum atomic E-state index is 11.8. The van der Waals surface area contributed by atoms with Crippen LogP contribution in [-0.4, -0.2) is 17.4 Å². The van der Waals surface area contributed by atoms with E-state index in [4.69, 9.17) is 5.73 Å². The average Bonchev–Trinajstić information content (AvgIpc) is 2.32. The second-order valence-corrected chi connectivity index (χ2v) is 4.82. The van der Waals surface area contributed by atoms with Gasteiger partial charge in [0.25, 0.3) is 5.91 Å². The van der Waals surface area contributed by atoms with E-state index >= 15 is 0 Å². The molecule has 94 valence electrons. The molecule has 0 fully saturated rings. The highest BCUT2D eigenvalue weighted by atomic mass is 79.9. The first-order valence-corrected chi connectivity index (χ1v) is 6.63. The number of halogens is 1. The van der Waals surface area contributed by atoms with Crippen molar-refractivity contribution in [2.24, 2.45) is 0 Å². The molecule has 0 radical (unpaired) electrons. The van der Waals surface area contributed by atoms with Crippen LogP contribution in [0.4, 0.5) is 5.82 Å². The number of hydrogen-bond donors (Lipinski definition) is 2. The first-order chi connectivity index (χ1) is 8.15. The molecular formula is C12H18BrN3O. The van der Waals surface area contributed by atoms with Gasteiger partial charge in [0.15, 0.2) is 0 Å². The van der Waals surface area contributed by atoms with Gasteiger partial charge in [-0.15, -0.1) is 0 Å². The molecule has 17 heavy (non-hydrogen) atoms. The minimum Gasteiger partial charge on any atom is -0.383 e. The van der Waals surface area contributed by atoms with Crippen molar-refractivity contribution < 1.29 is 4.79 Å². The Morgan fingerprint density at radius 2 is 2.24 bits per heavy atom. The van der Waals surface area contributed by atoms with E-state index in [0.717, 1.165) is 17.3 Å². The summed E-state index contributed by atoms with van der Waals surface area (Å²) in [5, 5.41) is 2.85. The molecule has 0 aromatic carbocycles. The molecule has 0 atom stereocenters. The molecule has 3 N–H and O–H groups in total. The zero-order chi connectivity index (χ0) is 12.7. The minimum absolute atomic E-state index is 0.159. The lowest BCUT2D eigenvalue weighted by molar-refractivity contribution is 0.0953. The van der Waals surface area contributed by atoms with E-state index in [1.807, 2.05) is 0 Å². The third kappa shape index (κ3) is 4.73. The Bertz CT molecular complexity index is 382. The molecule has 0 bridgehead atoms. The molecule has 5 heteroatoms. The molecule has 0 aliphatic carbocycles. The normalized spacial score (nSPS) is 10.2. The maximum Gasteiger partial charge on any atom is 0.255 e. The molecule has 0 saturated carbocycles. The molecule has 0 saturated heterocycles. The predicted molar refractivity (Wildman–Crippen MR) is 72.8 cm³/mol. The second-order valence-electron chi connectivity index (χ2n) is 3.90. The van der Waals surface area contributed by atoms with Crippen molar-refractivity contribution in [3.8, 4) is 0 Å². The van der Waals surface area contributed by atoms with E-state index in [1.54, 1.807) is 12.3 Å². The highest BCUT2D eigenvalue weighted by Crippen LogP contribution is 2.15. The molecule has 0 unspecified atom stereocenters. The summed E-state index contributed by atoms with van der Waals surface area (Å²) in [5.74, 6) is 0.104. The number of nitrogen functional groups attached to an aromatic ring is 1. The number of aromatic nitrogens is 1. The summed E-state index contributed by atoms with van der Waals surface area (Å²) < 4.78 is 0.753. The number of nitrogens with zero attached hydrogens (tertiary/aromatic N) is 1. The van der Waals surface area contributed by atoms with Gasteiger partial charge in [-0.3, -0.25) is 4.79 Å². The van der Waals surface area contributed by atoms with E-state index in [9.17, 15) is 4.79 Å². The number of carbonyl (C=O) groups excluding carboxylic acids is 1. The largest absolute Gasteiger partial charge is 0.383 e. The summed E-state index contributed by atoms with van der Waals surface area (Å²) in [6.07, 6.45) is 6.12. The number of anilines is 1. The highest BCUT2D eigenvalue weighted by Gasteiger charge is 2.10. The van der Waals surface area contributed by atoms with Gasteiger partial charge in [-0.25, -0.2) is 4.98 Å². The summed E-state index contributed by atoms with van der Waals surface area (Å²) in [7, 11) is 0. The lowest BCUT2D eigenvalue weighted by Gasteiger charge is -2.07. The number of amides is 1. The molecule has 1 aromatic heterocycles. The molecular weight excluding hydrogens is 282 g/mol. The molecule has 0 aliphatic heterocycles. The predicted octanol–water partition coefficient (Wildman–Crippen LogP) is 2.74. The third-order valence-electron chi connectivity index (χ3n) is 2.45. The number of unbranched alkanes of at least 4 members (excludes halogenated alkanes) is 3.